The molecule has 0 radical (unpaired) electrons. The first kappa shape index (κ1) is 12.9. The normalized spacial score (nSPS) is 34.7. The van der Waals surface area contributed by atoms with Crippen molar-refractivity contribution in [1.29, 1.82) is 0 Å². The van der Waals surface area contributed by atoms with E-state index in [1.54, 1.807) is 0 Å². The van der Waals surface area contributed by atoms with Crippen molar-refractivity contribution in [3.05, 3.63) is 0 Å². The van der Waals surface area contributed by atoms with E-state index in [0.717, 1.165) is 32.5 Å². The molecule has 1 N–H and O–H groups in total. The quantitative estimate of drug-likeness (QED) is 0.798. The van der Waals surface area contributed by atoms with Gasteiger partial charge < -0.3 is 10.2 Å². The summed E-state index contributed by atoms with van der Waals surface area (Å²) in [5.74, 6) is 1.28. The molecule has 1 amide bonds. The lowest BCUT2D eigenvalue weighted by atomic mass is 9.89. The molecule has 0 aliphatic carbocycles. The summed E-state index contributed by atoms with van der Waals surface area (Å²) < 4.78 is 0. The molecular formula is C14H26N2O. The van der Waals surface area contributed by atoms with Crippen LogP contribution in [0, 0.1) is 11.8 Å². The molecular weight excluding hydrogens is 212 g/mol. The first-order valence-corrected chi connectivity index (χ1v) is 7.23. The van der Waals surface area contributed by atoms with Crippen molar-refractivity contribution in [2.75, 3.05) is 19.6 Å². The fourth-order valence-electron chi connectivity index (χ4n) is 3.29. The standard InChI is InChI=1S/C14H26N2O/c1-3-13-6-4-5-7-16(13)14(17)12-8-11(2)9-15-10-12/h11-13,15H,3-10H2,1-2H3. The van der Waals surface area contributed by atoms with Gasteiger partial charge in [0, 0.05) is 19.1 Å². The molecule has 2 heterocycles. The number of rotatable bonds is 2. The van der Waals surface area contributed by atoms with Crippen LogP contribution in [0.25, 0.3) is 0 Å². The number of amides is 1. The molecule has 3 heteroatoms. The van der Waals surface area contributed by atoms with E-state index in [0.29, 0.717) is 17.9 Å². The topological polar surface area (TPSA) is 32.3 Å². The van der Waals surface area contributed by atoms with Crippen LogP contribution in [0.1, 0.15) is 46.0 Å². The molecule has 0 saturated carbocycles. The number of hydrogen-bond acceptors (Lipinski definition) is 2. The summed E-state index contributed by atoms with van der Waals surface area (Å²) >= 11 is 0. The van der Waals surface area contributed by atoms with Crippen molar-refractivity contribution in [3.63, 3.8) is 0 Å². The van der Waals surface area contributed by atoms with Crippen molar-refractivity contribution in [1.82, 2.24) is 10.2 Å². The van der Waals surface area contributed by atoms with Gasteiger partial charge in [-0.25, -0.2) is 0 Å². The van der Waals surface area contributed by atoms with E-state index in [1.807, 2.05) is 0 Å². The van der Waals surface area contributed by atoms with Crippen LogP contribution in [-0.4, -0.2) is 36.5 Å². The molecule has 2 aliphatic rings. The minimum atomic E-state index is 0.228. The summed E-state index contributed by atoms with van der Waals surface area (Å²) in [6, 6.07) is 0.508. The Kier molecular flexibility index (Phi) is 4.43. The smallest absolute Gasteiger partial charge is 0.227 e. The SMILES string of the molecule is CCC1CCCCN1C(=O)C1CNCC(C)C1. The second-order valence-electron chi connectivity index (χ2n) is 5.79. The Balaban J connectivity index is 1.97. The van der Waals surface area contributed by atoms with Gasteiger partial charge >= 0.3 is 0 Å². The highest BCUT2D eigenvalue weighted by molar-refractivity contribution is 5.79. The Morgan fingerprint density at radius 1 is 1.35 bits per heavy atom. The largest absolute Gasteiger partial charge is 0.339 e. The number of hydrogen-bond donors (Lipinski definition) is 1. The average molecular weight is 238 g/mol. The molecule has 0 bridgehead atoms. The maximum atomic E-state index is 12.6. The Morgan fingerprint density at radius 3 is 2.88 bits per heavy atom. The molecule has 2 fully saturated rings. The van der Waals surface area contributed by atoms with Gasteiger partial charge in [0.05, 0.1) is 5.92 Å². The van der Waals surface area contributed by atoms with Crippen molar-refractivity contribution in [3.8, 4) is 0 Å². The van der Waals surface area contributed by atoms with Crippen LogP contribution in [0.4, 0.5) is 0 Å². The summed E-state index contributed by atoms with van der Waals surface area (Å²) in [6.45, 7) is 7.39. The number of piperidine rings is 2. The zero-order chi connectivity index (χ0) is 12.3. The van der Waals surface area contributed by atoms with Crippen molar-refractivity contribution in [2.24, 2.45) is 11.8 Å². The maximum absolute atomic E-state index is 12.6. The first-order chi connectivity index (χ1) is 8.22. The monoisotopic (exact) mass is 238 g/mol. The minimum Gasteiger partial charge on any atom is -0.339 e. The minimum absolute atomic E-state index is 0.228. The second-order valence-corrected chi connectivity index (χ2v) is 5.79. The number of carbonyl (C=O) groups is 1. The van der Waals surface area contributed by atoms with Gasteiger partial charge in [-0.3, -0.25) is 4.79 Å². The number of nitrogens with one attached hydrogen (secondary N) is 1. The van der Waals surface area contributed by atoms with Crippen molar-refractivity contribution >= 4 is 5.91 Å². The van der Waals surface area contributed by atoms with Gasteiger partial charge in [0.15, 0.2) is 0 Å². The van der Waals surface area contributed by atoms with Crippen molar-refractivity contribution in [2.45, 2.75) is 52.0 Å². The van der Waals surface area contributed by atoms with Crippen LogP contribution >= 0.6 is 0 Å². The Bertz CT molecular complexity index is 267. The molecule has 3 atom stereocenters. The third-order valence-electron chi connectivity index (χ3n) is 4.30. The van der Waals surface area contributed by atoms with Crippen LogP contribution in [0.3, 0.4) is 0 Å². The van der Waals surface area contributed by atoms with E-state index in [4.69, 9.17) is 0 Å². The lowest BCUT2D eigenvalue weighted by Crippen LogP contribution is -2.50. The summed E-state index contributed by atoms with van der Waals surface area (Å²) in [5, 5.41) is 3.39. The third kappa shape index (κ3) is 3.01. The Morgan fingerprint density at radius 2 is 2.18 bits per heavy atom. The van der Waals surface area contributed by atoms with Crippen molar-refractivity contribution < 1.29 is 4.79 Å². The van der Waals surface area contributed by atoms with Crippen LogP contribution in [0.15, 0.2) is 0 Å². The van der Waals surface area contributed by atoms with Gasteiger partial charge in [0.25, 0.3) is 0 Å². The Hall–Kier alpha value is -0.570. The highest BCUT2D eigenvalue weighted by Crippen LogP contribution is 2.25. The molecule has 3 unspecified atom stereocenters. The highest BCUT2D eigenvalue weighted by atomic mass is 16.2. The van der Waals surface area contributed by atoms with Crippen LogP contribution < -0.4 is 5.32 Å². The molecule has 2 saturated heterocycles. The second kappa shape index (κ2) is 5.85. The highest BCUT2D eigenvalue weighted by Gasteiger charge is 2.32. The summed E-state index contributed by atoms with van der Waals surface area (Å²) in [5.41, 5.74) is 0. The molecule has 3 nitrogen and oxygen atoms in total. The van der Waals surface area contributed by atoms with Gasteiger partial charge in [-0.15, -0.1) is 0 Å². The van der Waals surface area contributed by atoms with Crippen LogP contribution in [0.5, 0.6) is 0 Å². The molecule has 0 aromatic heterocycles. The van der Waals surface area contributed by atoms with Gasteiger partial charge in [0.2, 0.25) is 5.91 Å². The predicted molar refractivity (Wildman–Crippen MR) is 69.8 cm³/mol. The maximum Gasteiger partial charge on any atom is 0.227 e. The number of carbonyl (C=O) groups excluding carboxylic acids is 1. The van der Waals surface area contributed by atoms with E-state index >= 15 is 0 Å². The van der Waals surface area contributed by atoms with Gasteiger partial charge in [0.1, 0.15) is 0 Å². The predicted octanol–water partition coefficient (Wildman–Crippen LogP) is 2.02. The van der Waals surface area contributed by atoms with E-state index in [2.05, 4.69) is 24.1 Å². The van der Waals surface area contributed by atoms with Gasteiger partial charge in [-0.05, 0) is 44.6 Å². The fraction of sp³-hybridized carbons (Fsp3) is 0.929. The molecule has 17 heavy (non-hydrogen) atoms. The number of likely N-dealkylation sites (tertiary alicyclic amines) is 1. The fourth-order valence-corrected chi connectivity index (χ4v) is 3.29. The molecule has 0 spiro atoms. The average Bonchev–Trinajstić information content (AvgIpc) is 2.38. The molecule has 98 valence electrons. The molecule has 2 rings (SSSR count). The van der Waals surface area contributed by atoms with E-state index in [9.17, 15) is 4.79 Å². The molecule has 2 aliphatic heterocycles. The zero-order valence-corrected chi connectivity index (χ0v) is 11.2. The van der Waals surface area contributed by atoms with E-state index in [1.165, 1.54) is 19.3 Å². The summed E-state index contributed by atoms with van der Waals surface area (Å²) in [6.07, 6.45) is 5.87. The van der Waals surface area contributed by atoms with Crippen LogP contribution in [-0.2, 0) is 4.79 Å². The molecule has 0 aromatic carbocycles. The third-order valence-corrected chi connectivity index (χ3v) is 4.30. The van der Waals surface area contributed by atoms with Gasteiger partial charge in [-0.1, -0.05) is 13.8 Å². The lowest BCUT2D eigenvalue weighted by Gasteiger charge is -2.39. The number of nitrogens with zero attached hydrogens (tertiary/aromatic N) is 1. The Labute approximate surface area is 105 Å². The van der Waals surface area contributed by atoms with Gasteiger partial charge in [-0.2, -0.15) is 0 Å². The summed E-state index contributed by atoms with van der Waals surface area (Å²) in [4.78, 5) is 14.7. The first-order valence-electron chi connectivity index (χ1n) is 7.23. The van der Waals surface area contributed by atoms with E-state index < -0.39 is 0 Å². The lowest BCUT2D eigenvalue weighted by molar-refractivity contribution is -0.140. The summed E-state index contributed by atoms with van der Waals surface area (Å²) in [7, 11) is 0. The zero-order valence-electron chi connectivity index (χ0n) is 11.2. The van der Waals surface area contributed by atoms with E-state index in [-0.39, 0.29) is 5.92 Å². The van der Waals surface area contributed by atoms with Crippen LogP contribution in [0.2, 0.25) is 0 Å². The molecule has 0 aromatic rings.